The third kappa shape index (κ3) is 2.66. The van der Waals surface area contributed by atoms with Gasteiger partial charge in [0.1, 0.15) is 11.5 Å². The average Bonchev–Trinajstić information content (AvgIpc) is 2.42. The molecule has 1 N–H and O–H groups in total. The summed E-state index contributed by atoms with van der Waals surface area (Å²) in [5, 5.41) is 9.75. The van der Waals surface area contributed by atoms with Gasteiger partial charge in [-0.1, -0.05) is 26.0 Å². The zero-order valence-corrected chi connectivity index (χ0v) is 11.9. The summed E-state index contributed by atoms with van der Waals surface area (Å²) in [4.78, 5) is 14.0. The molecule has 1 aliphatic rings. The summed E-state index contributed by atoms with van der Waals surface area (Å²) in [6.07, 6.45) is 3.01. The van der Waals surface area contributed by atoms with E-state index < -0.39 is 0 Å². The Bertz CT molecular complexity index is 442. The van der Waals surface area contributed by atoms with Crippen LogP contribution in [0.1, 0.15) is 45.1 Å². The average molecular weight is 261 g/mol. The van der Waals surface area contributed by atoms with E-state index in [1.807, 2.05) is 12.1 Å². The lowest BCUT2D eigenvalue weighted by atomic mass is 9.74. The number of ketones is 1. The summed E-state index contributed by atoms with van der Waals surface area (Å²) < 4.78 is 0. The van der Waals surface area contributed by atoms with Crippen LogP contribution >= 0.6 is 0 Å². The highest BCUT2D eigenvalue weighted by Crippen LogP contribution is 2.42. The lowest BCUT2D eigenvalue weighted by molar-refractivity contribution is -0.123. The van der Waals surface area contributed by atoms with Crippen molar-refractivity contribution in [2.45, 2.75) is 45.1 Å². The van der Waals surface area contributed by atoms with Gasteiger partial charge in [-0.15, -0.1) is 0 Å². The van der Waals surface area contributed by atoms with E-state index in [4.69, 9.17) is 0 Å². The van der Waals surface area contributed by atoms with Gasteiger partial charge < -0.3 is 5.11 Å². The molecular weight excluding hydrogens is 238 g/mol. The van der Waals surface area contributed by atoms with Gasteiger partial charge in [0.05, 0.1) is 0 Å². The molecule has 2 rings (SSSR count). The van der Waals surface area contributed by atoms with Crippen LogP contribution in [0.4, 0.5) is 0 Å². The largest absolute Gasteiger partial charge is 0.508 e. The fraction of sp³-hybridized carbons (Fsp3) is 0.562. The van der Waals surface area contributed by atoms with E-state index in [2.05, 4.69) is 24.8 Å². The van der Waals surface area contributed by atoms with Gasteiger partial charge in [0, 0.05) is 18.4 Å². The molecule has 1 aliphatic carbocycles. The molecule has 0 amide bonds. The first-order valence-corrected chi connectivity index (χ1v) is 7.18. The number of rotatable bonds is 4. The molecule has 3 heteroatoms. The molecule has 0 bridgehead atoms. The lowest BCUT2D eigenvalue weighted by Gasteiger charge is -2.46. The summed E-state index contributed by atoms with van der Waals surface area (Å²) in [5.41, 5.74) is 1.06. The smallest absolute Gasteiger partial charge is 0.133 e. The SMILES string of the molecule is CCN(CC)C1(c2cccc(O)c2)CCC(=O)CC1. The van der Waals surface area contributed by atoms with Crippen LogP contribution in [0, 0.1) is 0 Å². The normalized spacial score (nSPS) is 18.8. The molecule has 0 aliphatic heterocycles. The van der Waals surface area contributed by atoms with Crippen molar-refractivity contribution in [3.63, 3.8) is 0 Å². The van der Waals surface area contributed by atoms with Crippen LogP contribution in [0.25, 0.3) is 0 Å². The second-order valence-electron chi connectivity index (χ2n) is 5.29. The van der Waals surface area contributed by atoms with Gasteiger partial charge in [-0.25, -0.2) is 0 Å². The monoisotopic (exact) mass is 261 g/mol. The van der Waals surface area contributed by atoms with Gasteiger partial charge in [-0.3, -0.25) is 9.69 Å². The molecule has 0 aromatic heterocycles. The van der Waals surface area contributed by atoms with Crippen molar-refractivity contribution in [1.29, 1.82) is 0 Å². The summed E-state index contributed by atoms with van der Waals surface area (Å²) in [7, 11) is 0. The number of carbonyl (C=O) groups excluding carboxylic acids is 1. The molecule has 0 spiro atoms. The second-order valence-corrected chi connectivity index (χ2v) is 5.29. The number of Topliss-reactive ketones (excluding diaryl/α,β-unsaturated/α-hetero) is 1. The van der Waals surface area contributed by atoms with Gasteiger partial charge in [0.25, 0.3) is 0 Å². The number of aromatic hydroxyl groups is 1. The summed E-state index contributed by atoms with van der Waals surface area (Å²) >= 11 is 0. The third-order valence-corrected chi connectivity index (χ3v) is 4.39. The van der Waals surface area contributed by atoms with Gasteiger partial charge in [0.2, 0.25) is 0 Å². The molecule has 0 radical (unpaired) electrons. The van der Waals surface area contributed by atoms with E-state index >= 15 is 0 Å². The molecule has 3 nitrogen and oxygen atoms in total. The van der Waals surface area contributed by atoms with Crippen molar-refractivity contribution in [1.82, 2.24) is 4.90 Å². The van der Waals surface area contributed by atoms with E-state index in [9.17, 15) is 9.90 Å². The van der Waals surface area contributed by atoms with Gasteiger partial charge in [-0.2, -0.15) is 0 Å². The maximum Gasteiger partial charge on any atom is 0.133 e. The van der Waals surface area contributed by atoms with Crippen molar-refractivity contribution in [2.24, 2.45) is 0 Å². The number of phenolic OH excluding ortho intramolecular Hbond substituents is 1. The molecule has 1 saturated carbocycles. The van der Waals surface area contributed by atoms with Crippen LogP contribution < -0.4 is 0 Å². The number of benzene rings is 1. The molecule has 0 heterocycles. The Hall–Kier alpha value is -1.35. The van der Waals surface area contributed by atoms with Crippen LogP contribution in [0.2, 0.25) is 0 Å². The van der Waals surface area contributed by atoms with Gasteiger partial charge >= 0.3 is 0 Å². The van der Waals surface area contributed by atoms with Crippen LogP contribution in [0.3, 0.4) is 0 Å². The third-order valence-electron chi connectivity index (χ3n) is 4.39. The Balaban J connectivity index is 2.41. The van der Waals surface area contributed by atoms with Crippen molar-refractivity contribution >= 4 is 5.78 Å². The molecular formula is C16H23NO2. The van der Waals surface area contributed by atoms with Crippen LogP contribution in [0.5, 0.6) is 5.75 Å². The number of phenols is 1. The molecule has 104 valence electrons. The molecule has 1 aromatic rings. The lowest BCUT2D eigenvalue weighted by Crippen LogP contribution is -2.48. The van der Waals surface area contributed by atoms with E-state index in [-0.39, 0.29) is 5.54 Å². The molecule has 0 unspecified atom stereocenters. The number of hydrogen-bond acceptors (Lipinski definition) is 3. The summed E-state index contributed by atoms with van der Waals surface area (Å²) in [6.45, 7) is 6.23. The first-order valence-electron chi connectivity index (χ1n) is 7.18. The molecule has 0 atom stereocenters. The summed E-state index contributed by atoms with van der Waals surface area (Å²) in [5.74, 6) is 0.670. The minimum absolute atomic E-state index is 0.0872. The standard InChI is InChI=1S/C16H23NO2/c1-3-17(4-2)16(10-8-14(18)9-11-16)13-6-5-7-15(19)12-13/h5-7,12,19H,3-4,8-11H2,1-2H3. The zero-order chi connectivity index (χ0) is 13.9. The second kappa shape index (κ2) is 5.74. The van der Waals surface area contributed by atoms with Crippen LogP contribution in [-0.4, -0.2) is 28.9 Å². The maximum atomic E-state index is 11.6. The van der Waals surface area contributed by atoms with E-state index in [1.165, 1.54) is 0 Å². The highest BCUT2D eigenvalue weighted by Gasteiger charge is 2.40. The van der Waals surface area contributed by atoms with Crippen LogP contribution in [-0.2, 0) is 10.3 Å². The fourth-order valence-corrected chi connectivity index (χ4v) is 3.35. The van der Waals surface area contributed by atoms with E-state index in [0.29, 0.717) is 24.4 Å². The molecule has 0 saturated heterocycles. The van der Waals surface area contributed by atoms with Crippen molar-refractivity contribution < 1.29 is 9.90 Å². The molecule has 1 fully saturated rings. The van der Waals surface area contributed by atoms with E-state index in [0.717, 1.165) is 31.5 Å². The minimum Gasteiger partial charge on any atom is -0.508 e. The predicted molar refractivity (Wildman–Crippen MR) is 76.2 cm³/mol. The number of hydrogen-bond donors (Lipinski definition) is 1. The molecule has 1 aromatic carbocycles. The fourth-order valence-electron chi connectivity index (χ4n) is 3.35. The van der Waals surface area contributed by atoms with E-state index in [1.54, 1.807) is 6.07 Å². The van der Waals surface area contributed by atoms with Crippen molar-refractivity contribution in [2.75, 3.05) is 13.1 Å². The highest BCUT2D eigenvalue weighted by atomic mass is 16.3. The Kier molecular flexibility index (Phi) is 4.25. The Morgan fingerprint density at radius 3 is 2.37 bits per heavy atom. The first kappa shape index (κ1) is 14.1. The quantitative estimate of drug-likeness (QED) is 0.905. The topological polar surface area (TPSA) is 40.5 Å². The Morgan fingerprint density at radius 2 is 1.84 bits per heavy atom. The maximum absolute atomic E-state index is 11.6. The van der Waals surface area contributed by atoms with Crippen LogP contribution in [0.15, 0.2) is 24.3 Å². The Morgan fingerprint density at radius 1 is 1.21 bits per heavy atom. The summed E-state index contributed by atoms with van der Waals surface area (Å²) in [6, 6.07) is 7.53. The van der Waals surface area contributed by atoms with Crippen molar-refractivity contribution in [3.05, 3.63) is 29.8 Å². The van der Waals surface area contributed by atoms with Gasteiger partial charge in [0.15, 0.2) is 0 Å². The first-order chi connectivity index (χ1) is 9.12. The van der Waals surface area contributed by atoms with Gasteiger partial charge in [-0.05, 0) is 43.6 Å². The Labute approximate surface area is 115 Å². The number of carbonyl (C=O) groups is 1. The molecule has 19 heavy (non-hydrogen) atoms. The number of nitrogens with zero attached hydrogens (tertiary/aromatic N) is 1. The zero-order valence-electron chi connectivity index (χ0n) is 11.9. The van der Waals surface area contributed by atoms with Crippen molar-refractivity contribution in [3.8, 4) is 5.75 Å². The highest BCUT2D eigenvalue weighted by molar-refractivity contribution is 5.79. The minimum atomic E-state index is -0.0872. The predicted octanol–water partition coefficient (Wildman–Crippen LogP) is 3.07.